The first-order chi connectivity index (χ1) is 14.9. The first-order valence-corrected chi connectivity index (χ1v) is 11.0. The van der Waals surface area contributed by atoms with Crippen molar-refractivity contribution >= 4 is 51.7 Å². The molecule has 0 aliphatic carbocycles. The molecule has 0 radical (unpaired) electrons. The molecule has 0 unspecified atom stereocenters. The molecule has 0 spiro atoms. The van der Waals surface area contributed by atoms with E-state index >= 15 is 0 Å². The lowest BCUT2D eigenvalue weighted by atomic mass is 10.1. The Hall–Kier alpha value is -3.44. The van der Waals surface area contributed by atoms with Gasteiger partial charge in [-0.25, -0.2) is 0 Å². The van der Waals surface area contributed by atoms with Crippen molar-refractivity contribution in [3.8, 4) is 0 Å². The van der Waals surface area contributed by atoms with Gasteiger partial charge in [-0.15, -0.1) is 11.3 Å². The van der Waals surface area contributed by atoms with E-state index in [-0.39, 0.29) is 11.8 Å². The second-order valence-corrected chi connectivity index (χ2v) is 8.72. The minimum atomic E-state index is -0.137. The lowest BCUT2D eigenvalue weighted by Gasteiger charge is -2.23. The molecular weight excluding hydrogens is 404 g/mol. The summed E-state index contributed by atoms with van der Waals surface area (Å²) in [6, 6.07) is 19.3. The van der Waals surface area contributed by atoms with Crippen LogP contribution in [-0.4, -0.2) is 18.4 Å². The van der Waals surface area contributed by atoms with Crippen molar-refractivity contribution in [1.29, 1.82) is 0 Å². The fourth-order valence-corrected chi connectivity index (χ4v) is 4.64. The number of benzene rings is 2. The summed E-state index contributed by atoms with van der Waals surface area (Å²) in [4.78, 5) is 28.9. The maximum absolute atomic E-state index is 13.4. The molecule has 156 valence electrons. The number of rotatable bonds is 4. The molecule has 2 amide bonds. The molecule has 0 saturated carbocycles. The normalized spacial score (nSPS) is 13.1. The van der Waals surface area contributed by atoms with Crippen LogP contribution in [0.25, 0.3) is 17.2 Å². The van der Waals surface area contributed by atoms with E-state index in [9.17, 15) is 9.59 Å². The number of carbonyl (C=O) groups excluding carboxylic acids is 2. The van der Waals surface area contributed by atoms with Crippen LogP contribution in [0.15, 0.2) is 67.2 Å². The van der Waals surface area contributed by atoms with Crippen LogP contribution in [0.1, 0.15) is 45.9 Å². The lowest BCUT2D eigenvalue weighted by molar-refractivity contribution is -0.114. The molecule has 1 aliphatic rings. The highest BCUT2D eigenvalue weighted by Gasteiger charge is 2.23. The largest absolute Gasteiger partial charge is 0.326 e. The molecule has 31 heavy (non-hydrogen) atoms. The molecule has 2 aromatic carbocycles. The highest BCUT2D eigenvalue weighted by Crippen LogP contribution is 2.36. The van der Waals surface area contributed by atoms with Crippen molar-refractivity contribution in [2.75, 3.05) is 16.8 Å². The van der Waals surface area contributed by atoms with Crippen molar-refractivity contribution in [2.24, 2.45) is 0 Å². The van der Waals surface area contributed by atoms with Crippen LogP contribution in [0.4, 0.5) is 11.4 Å². The summed E-state index contributed by atoms with van der Waals surface area (Å²) in [5, 5.41) is 2.73. The van der Waals surface area contributed by atoms with Gasteiger partial charge in [0.1, 0.15) is 0 Å². The van der Waals surface area contributed by atoms with Crippen molar-refractivity contribution in [2.45, 2.75) is 20.3 Å². The Morgan fingerprint density at radius 3 is 2.42 bits per heavy atom. The Kier molecular flexibility index (Phi) is 5.87. The third-order valence-electron chi connectivity index (χ3n) is 5.20. The molecular formula is C26H24N2O2S. The van der Waals surface area contributed by atoms with Gasteiger partial charge in [0.05, 0.1) is 5.69 Å². The Bertz CT molecular complexity index is 1190. The second kappa shape index (κ2) is 8.74. The quantitative estimate of drug-likeness (QED) is 0.528. The molecule has 4 rings (SSSR count). The third kappa shape index (κ3) is 4.52. The van der Waals surface area contributed by atoms with Gasteiger partial charge in [0.25, 0.3) is 5.91 Å². The van der Waals surface area contributed by atoms with Crippen molar-refractivity contribution in [3.63, 3.8) is 0 Å². The number of fused-ring (bicyclic) bond motifs is 1. The van der Waals surface area contributed by atoms with E-state index in [0.29, 0.717) is 17.8 Å². The summed E-state index contributed by atoms with van der Waals surface area (Å²) in [6.45, 7) is 8.12. The highest BCUT2D eigenvalue weighted by atomic mass is 32.1. The van der Waals surface area contributed by atoms with Crippen LogP contribution >= 0.6 is 11.3 Å². The number of nitrogens with zero attached hydrogens (tertiary/aromatic N) is 1. The third-order valence-corrected chi connectivity index (χ3v) is 6.53. The monoisotopic (exact) mass is 428 g/mol. The fraction of sp³-hybridized carbons (Fsp3) is 0.154. The summed E-state index contributed by atoms with van der Waals surface area (Å²) in [5.41, 5.74) is 5.49. The molecule has 4 nitrogen and oxygen atoms in total. The van der Waals surface area contributed by atoms with Crippen LogP contribution in [0.2, 0.25) is 0 Å². The number of nitrogens with one attached hydrogen (secondary N) is 1. The van der Waals surface area contributed by atoms with Crippen molar-refractivity contribution in [3.05, 3.63) is 88.1 Å². The Morgan fingerprint density at radius 1 is 1.00 bits per heavy atom. The summed E-state index contributed by atoms with van der Waals surface area (Å²) in [5.74, 6) is -0.187. The maximum atomic E-state index is 13.4. The van der Waals surface area contributed by atoms with Gasteiger partial charge < -0.3 is 10.2 Å². The standard InChI is InChI=1S/C26H24N2O2S/c1-17(2)24-12-13-25(31-24)21-14-15-28(23-7-5-4-6-20(23)16-21)26(30)19-8-10-22(11-9-19)27-18(3)29/h4-13,16H,1,14-15H2,2-3H3,(H,27,29). The van der Waals surface area contributed by atoms with Gasteiger partial charge in [0.2, 0.25) is 5.91 Å². The van der Waals surface area contributed by atoms with E-state index in [1.165, 1.54) is 22.3 Å². The number of carbonyl (C=O) groups is 2. The average molecular weight is 429 g/mol. The van der Waals surface area contributed by atoms with Crippen LogP contribution in [0.5, 0.6) is 0 Å². The van der Waals surface area contributed by atoms with Gasteiger partial charge in [-0.1, -0.05) is 24.8 Å². The first-order valence-electron chi connectivity index (χ1n) is 10.2. The number of allylic oxidation sites excluding steroid dienone is 1. The van der Waals surface area contributed by atoms with Gasteiger partial charge in [0.15, 0.2) is 0 Å². The van der Waals surface area contributed by atoms with E-state index in [2.05, 4.69) is 30.1 Å². The predicted molar refractivity (Wildman–Crippen MR) is 130 cm³/mol. The molecule has 0 atom stereocenters. The molecule has 1 aliphatic heterocycles. The summed E-state index contributed by atoms with van der Waals surface area (Å²) >= 11 is 1.74. The van der Waals surface area contributed by atoms with E-state index in [0.717, 1.165) is 23.2 Å². The minimum absolute atomic E-state index is 0.0507. The smallest absolute Gasteiger partial charge is 0.258 e. The first kappa shape index (κ1) is 20.8. The van der Waals surface area contributed by atoms with E-state index in [1.54, 1.807) is 35.6 Å². The molecule has 0 bridgehead atoms. The zero-order chi connectivity index (χ0) is 22.0. The number of hydrogen-bond donors (Lipinski definition) is 1. The lowest BCUT2D eigenvalue weighted by Crippen LogP contribution is -2.32. The van der Waals surface area contributed by atoms with Gasteiger partial charge in [-0.2, -0.15) is 0 Å². The molecule has 2 heterocycles. The van der Waals surface area contributed by atoms with Crippen molar-refractivity contribution in [1.82, 2.24) is 0 Å². The Labute approximate surface area is 186 Å². The van der Waals surface area contributed by atoms with Crippen molar-refractivity contribution < 1.29 is 9.59 Å². The molecule has 3 aromatic rings. The van der Waals surface area contributed by atoms with Crippen LogP contribution in [0, 0.1) is 0 Å². The fourth-order valence-electron chi connectivity index (χ4n) is 3.67. The van der Waals surface area contributed by atoms with E-state index in [4.69, 9.17) is 0 Å². The second-order valence-electron chi connectivity index (χ2n) is 7.64. The van der Waals surface area contributed by atoms with E-state index < -0.39 is 0 Å². The highest BCUT2D eigenvalue weighted by molar-refractivity contribution is 7.14. The van der Waals surface area contributed by atoms with Gasteiger partial charge in [-0.3, -0.25) is 9.59 Å². The molecule has 0 saturated heterocycles. The Morgan fingerprint density at radius 2 is 1.74 bits per heavy atom. The SMILES string of the molecule is C=C(C)c1ccc(C2=Cc3ccccc3N(C(=O)c3ccc(NC(C)=O)cc3)CC2)s1. The number of thiophene rings is 1. The molecule has 5 heteroatoms. The zero-order valence-electron chi connectivity index (χ0n) is 17.6. The number of para-hydroxylation sites is 1. The summed E-state index contributed by atoms with van der Waals surface area (Å²) in [6.07, 6.45) is 2.96. The van der Waals surface area contributed by atoms with Crippen LogP contribution in [0.3, 0.4) is 0 Å². The number of anilines is 2. The molecule has 1 N–H and O–H groups in total. The van der Waals surface area contributed by atoms with Crippen LogP contribution in [-0.2, 0) is 4.79 Å². The molecule has 1 aromatic heterocycles. The Balaban J connectivity index is 1.63. The topological polar surface area (TPSA) is 49.4 Å². The summed E-state index contributed by atoms with van der Waals surface area (Å²) in [7, 11) is 0. The summed E-state index contributed by atoms with van der Waals surface area (Å²) < 4.78 is 0. The predicted octanol–water partition coefficient (Wildman–Crippen LogP) is 6.33. The van der Waals surface area contributed by atoms with Gasteiger partial charge in [0, 0.05) is 34.5 Å². The average Bonchev–Trinajstić information content (AvgIpc) is 3.16. The zero-order valence-corrected chi connectivity index (χ0v) is 18.5. The number of hydrogen-bond acceptors (Lipinski definition) is 3. The van der Waals surface area contributed by atoms with Gasteiger partial charge in [-0.05, 0) is 78.6 Å². The van der Waals surface area contributed by atoms with E-state index in [1.807, 2.05) is 36.1 Å². The number of amides is 2. The van der Waals surface area contributed by atoms with Crippen LogP contribution < -0.4 is 10.2 Å². The molecule has 0 fully saturated rings. The van der Waals surface area contributed by atoms with Gasteiger partial charge >= 0.3 is 0 Å². The maximum Gasteiger partial charge on any atom is 0.258 e. The minimum Gasteiger partial charge on any atom is -0.326 e.